The van der Waals surface area contributed by atoms with Gasteiger partial charge in [-0.2, -0.15) is 4.31 Å². The zero-order valence-corrected chi connectivity index (χ0v) is 17.4. The molecule has 2 aromatic heterocycles. The Balaban J connectivity index is 1.48. The number of hydrogen-bond donors (Lipinski definition) is 1. The van der Waals surface area contributed by atoms with Crippen molar-refractivity contribution < 1.29 is 13.2 Å². The Hall–Kier alpha value is -2.23. The predicted molar refractivity (Wildman–Crippen MR) is 111 cm³/mol. The topological polar surface area (TPSA) is 84.3 Å². The van der Waals surface area contributed by atoms with Gasteiger partial charge in [-0.05, 0) is 18.6 Å². The van der Waals surface area contributed by atoms with Crippen molar-refractivity contribution in [2.75, 3.05) is 17.6 Å². The summed E-state index contributed by atoms with van der Waals surface area (Å²) in [4.78, 5) is 18.0. The van der Waals surface area contributed by atoms with Gasteiger partial charge in [-0.3, -0.25) is 4.79 Å². The van der Waals surface area contributed by atoms with Gasteiger partial charge in [0.2, 0.25) is 15.9 Å². The zero-order valence-electron chi connectivity index (χ0n) is 15.8. The van der Waals surface area contributed by atoms with E-state index in [0.29, 0.717) is 24.6 Å². The van der Waals surface area contributed by atoms with Gasteiger partial charge in [-0.1, -0.05) is 18.2 Å². The Bertz CT molecular complexity index is 1150. The number of nitrogens with zero attached hydrogens (tertiary/aromatic N) is 3. The van der Waals surface area contributed by atoms with Gasteiger partial charge in [-0.15, -0.1) is 11.3 Å². The molecule has 28 heavy (non-hydrogen) atoms. The first-order valence-corrected chi connectivity index (χ1v) is 11.6. The number of amides is 1. The second-order valence-electron chi connectivity index (χ2n) is 6.88. The van der Waals surface area contributed by atoms with Gasteiger partial charge in [0.1, 0.15) is 0 Å². The SMILES string of the molecule is CCS(=O)(=O)N1CCc2nc(NC(=O)Cc3cn(C)c4ccccc34)sc2C1. The fourth-order valence-corrected chi connectivity index (χ4v) is 5.73. The summed E-state index contributed by atoms with van der Waals surface area (Å²) in [7, 11) is -1.25. The number of para-hydroxylation sites is 1. The maximum atomic E-state index is 12.6. The normalized spacial score (nSPS) is 14.9. The van der Waals surface area contributed by atoms with Crippen LogP contribution in [0.15, 0.2) is 30.5 Å². The lowest BCUT2D eigenvalue weighted by atomic mass is 10.1. The van der Waals surface area contributed by atoms with Gasteiger partial charge in [0, 0.05) is 48.5 Å². The van der Waals surface area contributed by atoms with E-state index in [1.165, 1.54) is 15.6 Å². The molecule has 0 radical (unpaired) electrons. The number of hydrogen-bond acceptors (Lipinski definition) is 5. The minimum atomic E-state index is -3.21. The molecule has 1 aromatic carbocycles. The highest BCUT2D eigenvalue weighted by molar-refractivity contribution is 7.89. The number of carbonyl (C=O) groups is 1. The Morgan fingerprint density at radius 3 is 2.89 bits per heavy atom. The number of carbonyl (C=O) groups excluding carboxylic acids is 1. The average molecular weight is 419 g/mol. The lowest BCUT2D eigenvalue weighted by Crippen LogP contribution is -2.36. The number of sulfonamides is 1. The maximum Gasteiger partial charge on any atom is 0.230 e. The highest BCUT2D eigenvalue weighted by Crippen LogP contribution is 2.30. The van der Waals surface area contributed by atoms with Crippen LogP contribution in [-0.4, -0.2) is 40.5 Å². The van der Waals surface area contributed by atoms with Crippen molar-refractivity contribution in [1.82, 2.24) is 13.9 Å². The van der Waals surface area contributed by atoms with E-state index in [0.717, 1.165) is 27.0 Å². The third-order valence-corrected chi connectivity index (χ3v) is 7.86. The fraction of sp³-hybridized carbons (Fsp3) is 0.368. The Labute approximate surface area is 168 Å². The standard InChI is InChI=1S/C19H22N4O3S2/c1-3-28(25,26)23-9-8-15-17(12-23)27-19(20-15)21-18(24)10-13-11-22(2)16-7-5-4-6-14(13)16/h4-7,11H,3,8-10,12H2,1-2H3,(H,20,21,24). The molecule has 0 saturated heterocycles. The Morgan fingerprint density at radius 1 is 1.32 bits per heavy atom. The summed E-state index contributed by atoms with van der Waals surface area (Å²) in [5.41, 5.74) is 2.94. The molecule has 1 N–H and O–H groups in total. The molecule has 0 spiro atoms. The third-order valence-electron chi connectivity index (χ3n) is 5.03. The molecule has 148 valence electrons. The number of anilines is 1. The zero-order chi connectivity index (χ0) is 19.9. The molecule has 0 fully saturated rings. The number of benzene rings is 1. The summed E-state index contributed by atoms with van der Waals surface area (Å²) in [5, 5.41) is 4.48. The van der Waals surface area contributed by atoms with Gasteiger partial charge in [0.25, 0.3) is 0 Å². The van der Waals surface area contributed by atoms with Gasteiger partial charge >= 0.3 is 0 Å². The predicted octanol–water partition coefficient (Wildman–Crippen LogP) is 2.52. The lowest BCUT2D eigenvalue weighted by molar-refractivity contribution is -0.115. The molecule has 0 unspecified atom stereocenters. The molecule has 0 atom stereocenters. The molecule has 3 heterocycles. The number of rotatable bonds is 5. The van der Waals surface area contributed by atoms with Crippen LogP contribution in [0.3, 0.4) is 0 Å². The van der Waals surface area contributed by atoms with Crippen molar-refractivity contribution in [3.63, 3.8) is 0 Å². The van der Waals surface area contributed by atoms with Crippen molar-refractivity contribution in [1.29, 1.82) is 0 Å². The van der Waals surface area contributed by atoms with E-state index < -0.39 is 10.0 Å². The molecular formula is C19H22N4O3S2. The Kier molecular flexibility index (Phi) is 4.98. The first-order valence-electron chi connectivity index (χ1n) is 9.16. The molecule has 1 aliphatic heterocycles. The largest absolute Gasteiger partial charge is 0.350 e. The van der Waals surface area contributed by atoms with E-state index in [9.17, 15) is 13.2 Å². The monoisotopic (exact) mass is 418 g/mol. The maximum absolute atomic E-state index is 12.6. The molecule has 0 saturated carbocycles. The van der Waals surface area contributed by atoms with Crippen LogP contribution in [0.1, 0.15) is 23.1 Å². The summed E-state index contributed by atoms with van der Waals surface area (Å²) in [5.74, 6) is -0.0315. The van der Waals surface area contributed by atoms with Gasteiger partial charge in [-0.25, -0.2) is 13.4 Å². The number of thiazole rings is 1. The van der Waals surface area contributed by atoms with Gasteiger partial charge < -0.3 is 9.88 Å². The second kappa shape index (κ2) is 7.31. The van der Waals surface area contributed by atoms with Crippen LogP contribution in [0.25, 0.3) is 10.9 Å². The van der Waals surface area contributed by atoms with Crippen LogP contribution >= 0.6 is 11.3 Å². The van der Waals surface area contributed by atoms with Crippen molar-refractivity contribution >= 4 is 43.3 Å². The van der Waals surface area contributed by atoms with E-state index in [1.54, 1.807) is 6.92 Å². The van der Waals surface area contributed by atoms with E-state index in [2.05, 4.69) is 10.3 Å². The number of fused-ring (bicyclic) bond motifs is 2. The minimum absolute atomic E-state index is 0.0930. The summed E-state index contributed by atoms with van der Waals surface area (Å²) in [6, 6.07) is 7.99. The van der Waals surface area contributed by atoms with Crippen molar-refractivity contribution in [2.45, 2.75) is 26.3 Å². The highest BCUT2D eigenvalue weighted by Gasteiger charge is 2.28. The molecule has 9 heteroatoms. The van der Waals surface area contributed by atoms with Gasteiger partial charge in [0.05, 0.1) is 17.9 Å². The van der Waals surface area contributed by atoms with E-state index >= 15 is 0 Å². The molecule has 1 amide bonds. The van der Waals surface area contributed by atoms with Crippen LogP contribution in [-0.2, 0) is 41.3 Å². The molecule has 4 rings (SSSR count). The Morgan fingerprint density at radius 2 is 2.11 bits per heavy atom. The van der Waals surface area contributed by atoms with Crippen LogP contribution in [0.4, 0.5) is 5.13 Å². The number of nitrogens with one attached hydrogen (secondary N) is 1. The van der Waals surface area contributed by atoms with Gasteiger partial charge in [0.15, 0.2) is 5.13 Å². The first kappa shape index (κ1) is 19.1. The summed E-state index contributed by atoms with van der Waals surface area (Å²) in [6.07, 6.45) is 2.82. The lowest BCUT2D eigenvalue weighted by Gasteiger charge is -2.24. The van der Waals surface area contributed by atoms with E-state index in [-0.39, 0.29) is 18.1 Å². The highest BCUT2D eigenvalue weighted by atomic mass is 32.2. The number of aromatic nitrogens is 2. The quantitative estimate of drug-likeness (QED) is 0.690. The van der Waals surface area contributed by atoms with E-state index in [1.807, 2.05) is 42.1 Å². The van der Waals surface area contributed by atoms with Crippen molar-refractivity contribution in [3.05, 3.63) is 46.6 Å². The first-order chi connectivity index (χ1) is 13.4. The average Bonchev–Trinajstić information content (AvgIpc) is 3.21. The molecule has 0 aliphatic carbocycles. The molecule has 0 bridgehead atoms. The summed E-state index contributed by atoms with van der Waals surface area (Å²) in [6.45, 7) is 2.43. The van der Waals surface area contributed by atoms with E-state index in [4.69, 9.17) is 0 Å². The summed E-state index contributed by atoms with van der Waals surface area (Å²) < 4.78 is 27.7. The van der Waals surface area contributed by atoms with Crippen LogP contribution in [0, 0.1) is 0 Å². The fourth-order valence-electron chi connectivity index (χ4n) is 3.55. The number of aryl methyl sites for hydroxylation is 1. The van der Waals surface area contributed by atoms with Crippen LogP contribution in [0.5, 0.6) is 0 Å². The van der Waals surface area contributed by atoms with Crippen LogP contribution < -0.4 is 5.32 Å². The van der Waals surface area contributed by atoms with Crippen LogP contribution in [0.2, 0.25) is 0 Å². The van der Waals surface area contributed by atoms with Crippen molar-refractivity contribution in [3.8, 4) is 0 Å². The molecule has 1 aliphatic rings. The minimum Gasteiger partial charge on any atom is -0.350 e. The molecular weight excluding hydrogens is 396 g/mol. The second-order valence-corrected chi connectivity index (χ2v) is 10.2. The smallest absolute Gasteiger partial charge is 0.230 e. The third kappa shape index (κ3) is 3.57. The molecule has 3 aromatic rings. The molecule has 7 nitrogen and oxygen atoms in total. The van der Waals surface area contributed by atoms with Crippen molar-refractivity contribution in [2.24, 2.45) is 7.05 Å². The summed E-state index contributed by atoms with van der Waals surface area (Å²) >= 11 is 1.36.